The van der Waals surface area contributed by atoms with E-state index in [0.29, 0.717) is 6.42 Å². The Morgan fingerprint density at radius 1 is 1.33 bits per heavy atom. The van der Waals surface area contributed by atoms with Gasteiger partial charge in [0.2, 0.25) is 0 Å². The lowest BCUT2D eigenvalue weighted by Gasteiger charge is -1.78. The summed E-state index contributed by atoms with van der Waals surface area (Å²) in [6.07, 6.45) is 4.25. The van der Waals surface area contributed by atoms with E-state index in [1.165, 1.54) is 0 Å². The van der Waals surface area contributed by atoms with Crippen LogP contribution in [0.5, 0.6) is 0 Å². The van der Waals surface area contributed by atoms with Crippen molar-refractivity contribution >= 4 is 11.3 Å². The molecule has 0 spiro atoms. The van der Waals surface area contributed by atoms with Gasteiger partial charge in [0.15, 0.2) is 0 Å². The quantitative estimate of drug-likeness (QED) is 0.715. The molecule has 1 aromatic rings. The maximum atomic E-state index is 8.56. The van der Waals surface area contributed by atoms with Crippen LogP contribution in [0.1, 0.15) is 23.1 Å². The second-order valence-electron chi connectivity index (χ2n) is 2.71. The zero-order valence-corrected chi connectivity index (χ0v) is 9.40. The van der Waals surface area contributed by atoms with Gasteiger partial charge in [-0.2, -0.15) is 0 Å². The third-order valence-corrected chi connectivity index (χ3v) is 2.42. The predicted molar refractivity (Wildman–Crippen MR) is 64.6 cm³/mol. The summed E-state index contributed by atoms with van der Waals surface area (Å²) >= 11 is 1.57. The average molecular weight is 216 g/mol. The zero-order valence-electron chi connectivity index (χ0n) is 8.58. The summed E-state index contributed by atoms with van der Waals surface area (Å²) in [5, 5.41) is 8.56. The van der Waals surface area contributed by atoms with Crippen LogP contribution in [0.25, 0.3) is 0 Å². The lowest BCUT2D eigenvalue weighted by Crippen LogP contribution is -1.75. The molecule has 2 heteroatoms. The highest BCUT2D eigenvalue weighted by Crippen LogP contribution is 2.13. The van der Waals surface area contributed by atoms with Gasteiger partial charge in [-0.05, 0) is 25.1 Å². The van der Waals surface area contributed by atoms with Gasteiger partial charge < -0.3 is 5.11 Å². The molecule has 0 unspecified atom stereocenters. The normalized spacial score (nSPS) is 9.20. The molecule has 76 valence electrons. The molecule has 0 saturated carbocycles. The van der Waals surface area contributed by atoms with Crippen LogP contribution in [0.4, 0.5) is 0 Å². The first-order valence-electron chi connectivity index (χ1n) is 4.69. The van der Waals surface area contributed by atoms with Crippen molar-refractivity contribution in [2.45, 2.75) is 13.3 Å². The Hall–Kier alpha value is -1.48. The Labute approximate surface area is 94.5 Å². The number of allylic oxidation sites excluding steroid dienone is 2. The number of aliphatic hydroxyl groups is 1. The van der Waals surface area contributed by atoms with Crippen LogP contribution in [0.2, 0.25) is 0 Å². The summed E-state index contributed by atoms with van der Waals surface area (Å²) in [6.45, 7) is 2.06. The Kier molecular flexibility index (Phi) is 5.33. The molecule has 0 radical (unpaired) electrons. The molecule has 1 N–H and O–H groups in total. The smallest absolute Gasteiger partial charge is 0.0785 e. The first-order chi connectivity index (χ1) is 7.36. The highest BCUT2D eigenvalue weighted by Gasteiger charge is 1.92. The lowest BCUT2D eigenvalue weighted by atomic mass is 10.4. The van der Waals surface area contributed by atoms with E-state index >= 15 is 0 Å². The van der Waals surface area contributed by atoms with Gasteiger partial charge >= 0.3 is 0 Å². The maximum Gasteiger partial charge on any atom is 0.0785 e. The van der Waals surface area contributed by atoms with E-state index in [-0.39, 0.29) is 6.61 Å². The Balaban J connectivity index is 2.66. The fourth-order valence-corrected chi connectivity index (χ4v) is 1.62. The van der Waals surface area contributed by atoms with Crippen molar-refractivity contribution in [3.8, 4) is 23.7 Å². The van der Waals surface area contributed by atoms with Crippen LogP contribution in [0.15, 0.2) is 24.3 Å². The first kappa shape index (κ1) is 11.6. The number of hydrogen-bond acceptors (Lipinski definition) is 2. The van der Waals surface area contributed by atoms with Gasteiger partial charge in [-0.15, -0.1) is 11.3 Å². The Morgan fingerprint density at radius 2 is 2.07 bits per heavy atom. The van der Waals surface area contributed by atoms with Crippen molar-refractivity contribution < 1.29 is 5.11 Å². The summed E-state index contributed by atoms with van der Waals surface area (Å²) in [7, 11) is 0. The summed E-state index contributed by atoms with van der Waals surface area (Å²) in [5.74, 6) is 11.8. The highest BCUT2D eigenvalue weighted by molar-refractivity contribution is 7.13. The summed E-state index contributed by atoms with van der Waals surface area (Å²) in [4.78, 5) is 2.01. The summed E-state index contributed by atoms with van der Waals surface area (Å²) in [6, 6.07) is 3.92. The van der Waals surface area contributed by atoms with Crippen molar-refractivity contribution in [1.82, 2.24) is 0 Å². The molecular formula is C13H12OS. The number of aliphatic hydroxyl groups excluding tert-OH is 1. The Bertz CT molecular complexity index is 446. The van der Waals surface area contributed by atoms with E-state index in [9.17, 15) is 0 Å². The Morgan fingerprint density at radius 3 is 2.73 bits per heavy atom. The summed E-state index contributed by atoms with van der Waals surface area (Å²) < 4.78 is 0. The fraction of sp³-hybridized carbons (Fsp3) is 0.231. The minimum Gasteiger partial charge on any atom is -0.395 e. The highest BCUT2D eigenvalue weighted by atomic mass is 32.1. The zero-order chi connectivity index (χ0) is 10.9. The summed E-state index contributed by atoms with van der Waals surface area (Å²) in [5.41, 5.74) is 0. The van der Waals surface area contributed by atoms with Gasteiger partial charge in [-0.25, -0.2) is 0 Å². The maximum absolute atomic E-state index is 8.56. The molecule has 1 nitrogen and oxygen atoms in total. The SMILES string of the molecule is C/C=C\C#Cc1ccc(C#CCCO)s1. The van der Waals surface area contributed by atoms with Crippen LogP contribution in [-0.4, -0.2) is 11.7 Å². The van der Waals surface area contributed by atoms with Gasteiger partial charge in [0.1, 0.15) is 0 Å². The van der Waals surface area contributed by atoms with Crippen LogP contribution in [-0.2, 0) is 0 Å². The van der Waals surface area contributed by atoms with E-state index in [1.54, 1.807) is 11.3 Å². The standard InChI is InChI=1S/C13H12OS/c1-2-3-4-7-12-9-10-13(15-12)8-5-6-11-14/h2-3,9-10,14H,6,11H2,1H3/b3-2-. The van der Waals surface area contributed by atoms with Crippen molar-refractivity contribution in [1.29, 1.82) is 0 Å². The molecule has 0 aromatic carbocycles. The predicted octanol–water partition coefficient (Wildman–Crippen LogP) is 2.41. The third kappa shape index (κ3) is 4.51. The van der Waals surface area contributed by atoms with Crippen molar-refractivity contribution in [2.24, 2.45) is 0 Å². The average Bonchev–Trinajstić information content (AvgIpc) is 2.67. The molecule has 1 rings (SSSR count). The number of thiophene rings is 1. The van der Waals surface area contributed by atoms with Gasteiger partial charge in [0.05, 0.1) is 16.4 Å². The molecule has 0 fully saturated rings. The minimum atomic E-state index is 0.117. The number of rotatable bonds is 1. The molecule has 1 aromatic heterocycles. The van der Waals surface area contributed by atoms with Gasteiger partial charge in [0, 0.05) is 6.42 Å². The molecule has 0 aliphatic heterocycles. The molecule has 1 heterocycles. The monoisotopic (exact) mass is 216 g/mol. The van der Waals surface area contributed by atoms with E-state index in [1.807, 2.05) is 31.2 Å². The van der Waals surface area contributed by atoms with Crippen molar-refractivity contribution in [2.75, 3.05) is 6.61 Å². The molecule has 0 aliphatic rings. The molecule has 0 aliphatic carbocycles. The largest absolute Gasteiger partial charge is 0.395 e. The fourth-order valence-electron chi connectivity index (χ4n) is 0.874. The molecule has 0 amide bonds. The van der Waals surface area contributed by atoms with Gasteiger partial charge in [-0.3, -0.25) is 0 Å². The second-order valence-corrected chi connectivity index (χ2v) is 3.79. The topological polar surface area (TPSA) is 20.2 Å². The molecular weight excluding hydrogens is 204 g/mol. The second kappa shape index (κ2) is 6.90. The van der Waals surface area contributed by atoms with Crippen molar-refractivity contribution in [3.63, 3.8) is 0 Å². The molecule has 15 heavy (non-hydrogen) atoms. The van der Waals surface area contributed by atoms with E-state index < -0.39 is 0 Å². The molecule has 0 atom stereocenters. The van der Waals surface area contributed by atoms with Crippen LogP contribution in [0.3, 0.4) is 0 Å². The van der Waals surface area contributed by atoms with Crippen molar-refractivity contribution in [3.05, 3.63) is 34.0 Å². The molecule has 0 bridgehead atoms. The van der Waals surface area contributed by atoms with Gasteiger partial charge in [0.25, 0.3) is 0 Å². The third-order valence-electron chi connectivity index (χ3n) is 1.50. The van der Waals surface area contributed by atoms with Crippen LogP contribution < -0.4 is 0 Å². The van der Waals surface area contributed by atoms with E-state index in [4.69, 9.17) is 5.11 Å². The van der Waals surface area contributed by atoms with E-state index in [2.05, 4.69) is 23.7 Å². The van der Waals surface area contributed by atoms with Gasteiger partial charge in [-0.1, -0.05) is 29.8 Å². The number of hydrogen-bond donors (Lipinski definition) is 1. The van der Waals surface area contributed by atoms with E-state index in [0.717, 1.165) is 9.75 Å². The van der Waals surface area contributed by atoms with Crippen LogP contribution in [0, 0.1) is 23.7 Å². The first-order valence-corrected chi connectivity index (χ1v) is 5.50. The lowest BCUT2D eigenvalue weighted by molar-refractivity contribution is 0.305. The minimum absolute atomic E-state index is 0.117. The molecule has 0 saturated heterocycles. The van der Waals surface area contributed by atoms with Crippen LogP contribution >= 0.6 is 11.3 Å².